The summed E-state index contributed by atoms with van der Waals surface area (Å²) in [5.41, 5.74) is 0.546. The summed E-state index contributed by atoms with van der Waals surface area (Å²) < 4.78 is 13.1. The molecule has 0 radical (unpaired) electrons. The molecule has 2 nitrogen and oxygen atoms in total. The number of anilines is 1. The summed E-state index contributed by atoms with van der Waals surface area (Å²) in [6, 6.07) is 4.28. The van der Waals surface area contributed by atoms with E-state index in [1.807, 2.05) is 0 Å². The Morgan fingerprint density at radius 3 is 2.79 bits per heavy atom. The zero-order chi connectivity index (χ0) is 10.7. The number of carbonyl (C=O) groups is 1. The second-order valence-corrected chi connectivity index (χ2v) is 4.42. The predicted molar refractivity (Wildman–Crippen MR) is 61.2 cm³/mol. The molecule has 14 heavy (non-hydrogen) atoms. The van der Waals surface area contributed by atoms with Gasteiger partial charge in [-0.2, -0.15) is 12.6 Å². The molecule has 1 amide bonds. The highest BCUT2D eigenvalue weighted by Crippen LogP contribution is 2.20. The van der Waals surface area contributed by atoms with Gasteiger partial charge in [-0.25, -0.2) is 4.39 Å². The predicted octanol–water partition coefficient (Wildman–Crippen LogP) is 2.85. The van der Waals surface area contributed by atoms with Crippen LogP contribution in [-0.2, 0) is 4.79 Å². The van der Waals surface area contributed by atoms with Gasteiger partial charge < -0.3 is 5.32 Å². The number of benzene rings is 1. The first-order chi connectivity index (χ1) is 6.50. The third kappa shape index (κ3) is 2.99. The topological polar surface area (TPSA) is 29.1 Å². The molecule has 0 saturated carbocycles. The largest absolute Gasteiger partial charge is 0.325 e. The van der Waals surface area contributed by atoms with E-state index in [9.17, 15) is 9.18 Å². The van der Waals surface area contributed by atoms with Gasteiger partial charge in [-0.3, -0.25) is 4.79 Å². The maximum absolute atomic E-state index is 12.8. The average molecular weight is 278 g/mol. The van der Waals surface area contributed by atoms with Gasteiger partial charge in [0.05, 0.1) is 9.72 Å². The fraction of sp³-hybridized carbons (Fsp3) is 0.222. The van der Waals surface area contributed by atoms with Crippen molar-refractivity contribution in [3.8, 4) is 0 Å². The van der Waals surface area contributed by atoms with Gasteiger partial charge in [-0.1, -0.05) is 0 Å². The van der Waals surface area contributed by atoms with Crippen molar-refractivity contribution in [3.63, 3.8) is 0 Å². The Hall–Kier alpha value is -0.550. The van der Waals surface area contributed by atoms with Crippen molar-refractivity contribution < 1.29 is 9.18 Å². The van der Waals surface area contributed by atoms with Gasteiger partial charge >= 0.3 is 0 Å². The number of rotatable bonds is 2. The standard InChI is InChI=1S/C9H9BrFNOS/c1-5(14)9(13)12-6-2-3-8(11)7(10)4-6/h2-5,14H,1H3,(H,12,13). The molecule has 0 fully saturated rings. The molecule has 0 aliphatic heterocycles. The summed E-state index contributed by atoms with van der Waals surface area (Å²) in [4.78, 5) is 11.2. The van der Waals surface area contributed by atoms with Crippen LogP contribution in [0.2, 0.25) is 0 Å². The quantitative estimate of drug-likeness (QED) is 0.800. The summed E-state index contributed by atoms with van der Waals surface area (Å²) in [6.07, 6.45) is 0. The first kappa shape index (κ1) is 11.5. The monoisotopic (exact) mass is 277 g/mol. The molecule has 5 heteroatoms. The molecule has 76 valence electrons. The zero-order valence-electron chi connectivity index (χ0n) is 7.42. The Bertz CT molecular complexity index is 357. The van der Waals surface area contributed by atoms with Gasteiger partial charge in [0.1, 0.15) is 5.82 Å². The number of hydrogen-bond donors (Lipinski definition) is 2. The highest BCUT2D eigenvalue weighted by atomic mass is 79.9. The number of thiol groups is 1. The maximum atomic E-state index is 12.8. The molecule has 0 saturated heterocycles. The van der Waals surface area contributed by atoms with E-state index in [-0.39, 0.29) is 17.0 Å². The van der Waals surface area contributed by atoms with Gasteiger partial charge in [0, 0.05) is 5.69 Å². The number of hydrogen-bond acceptors (Lipinski definition) is 2. The Morgan fingerprint density at radius 1 is 1.64 bits per heavy atom. The van der Waals surface area contributed by atoms with Gasteiger partial charge in [0.2, 0.25) is 5.91 Å². The Kier molecular flexibility index (Phi) is 3.95. The van der Waals surface area contributed by atoms with Crippen molar-refractivity contribution in [1.82, 2.24) is 0 Å². The third-order valence-corrected chi connectivity index (χ3v) is 2.41. The molecule has 1 unspecified atom stereocenters. The number of carbonyl (C=O) groups excluding carboxylic acids is 1. The van der Waals surface area contributed by atoms with E-state index in [4.69, 9.17) is 0 Å². The smallest absolute Gasteiger partial charge is 0.236 e. The lowest BCUT2D eigenvalue weighted by Gasteiger charge is -2.07. The lowest BCUT2D eigenvalue weighted by Crippen LogP contribution is -2.20. The van der Waals surface area contributed by atoms with Gasteiger partial charge in [-0.15, -0.1) is 0 Å². The lowest BCUT2D eigenvalue weighted by atomic mass is 10.3. The van der Waals surface area contributed by atoms with Crippen LogP contribution in [0, 0.1) is 5.82 Å². The summed E-state index contributed by atoms with van der Waals surface area (Å²) in [5, 5.41) is 2.21. The maximum Gasteiger partial charge on any atom is 0.236 e. The van der Waals surface area contributed by atoms with E-state index >= 15 is 0 Å². The number of halogens is 2. The molecule has 1 aromatic rings. The van der Waals surface area contributed by atoms with Crippen molar-refractivity contribution in [2.24, 2.45) is 0 Å². The van der Waals surface area contributed by atoms with E-state index in [0.717, 1.165) is 0 Å². The Labute approximate surface area is 95.4 Å². The van der Waals surface area contributed by atoms with Crippen molar-refractivity contribution in [2.75, 3.05) is 5.32 Å². The van der Waals surface area contributed by atoms with Crippen LogP contribution < -0.4 is 5.32 Å². The third-order valence-electron chi connectivity index (χ3n) is 1.57. The zero-order valence-corrected chi connectivity index (χ0v) is 9.90. The second kappa shape index (κ2) is 4.79. The fourth-order valence-electron chi connectivity index (χ4n) is 0.821. The molecule has 0 aromatic heterocycles. The van der Waals surface area contributed by atoms with Crippen LogP contribution in [0.25, 0.3) is 0 Å². The van der Waals surface area contributed by atoms with Crippen molar-refractivity contribution in [2.45, 2.75) is 12.2 Å². The number of amides is 1. The van der Waals surface area contributed by atoms with Gasteiger partial charge in [0.15, 0.2) is 0 Å². The normalized spacial score (nSPS) is 12.3. The summed E-state index contributed by atoms with van der Waals surface area (Å²) >= 11 is 7.00. The summed E-state index contributed by atoms with van der Waals surface area (Å²) in [7, 11) is 0. The van der Waals surface area contributed by atoms with Crippen molar-refractivity contribution >= 4 is 40.2 Å². The first-order valence-corrected chi connectivity index (χ1v) is 5.25. The van der Waals surface area contributed by atoms with E-state index in [1.54, 1.807) is 6.92 Å². The van der Waals surface area contributed by atoms with Gasteiger partial charge in [0.25, 0.3) is 0 Å². The average Bonchev–Trinajstić information content (AvgIpc) is 2.11. The van der Waals surface area contributed by atoms with Crippen molar-refractivity contribution in [1.29, 1.82) is 0 Å². The van der Waals surface area contributed by atoms with Gasteiger partial charge in [-0.05, 0) is 41.1 Å². The lowest BCUT2D eigenvalue weighted by molar-refractivity contribution is -0.115. The van der Waals surface area contributed by atoms with E-state index in [0.29, 0.717) is 10.2 Å². The highest BCUT2D eigenvalue weighted by molar-refractivity contribution is 9.10. The minimum absolute atomic E-state index is 0.216. The van der Waals surface area contributed by atoms with Crippen LogP contribution in [-0.4, -0.2) is 11.2 Å². The molecular weight excluding hydrogens is 269 g/mol. The van der Waals surface area contributed by atoms with Crippen LogP contribution in [0.15, 0.2) is 22.7 Å². The number of nitrogens with one attached hydrogen (secondary N) is 1. The fourth-order valence-corrected chi connectivity index (χ4v) is 1.26. The van der Waals surface area contributed by atoms with Crippen LogP contribution in [0.5, 0.6) is 0 Å². The minimum Gasteiger partial charge on any atom is -0.325 e. The van der Waals surface area contributed by atoms with E-state index < -0.39 is 0 Å². The molecule has 0 spiro atoms. The highest BCUT2D eigenvalue weighted by Gasteiger charge is 2.08. The Morgan fingerprint density at radius 2 is 2.29 bits per heavy atom. The molecule has 0 heterocycles. The van der Waals surface area contributed by atoms with E-state index in [2.05, 4.69) is 33.9 Å². The minimum atomic E-state index is -0.390. The molecule has 1 aromatic carbocycles. The van der Waals surface area contributed by atoms with E-state index in [1.165, 1.54) is 18.2 Å². The molecule has 0 aliphatic carbocycles. The van der Waals surface area contributed by atoms with Crippen LogP contribution in [0.4, 0.5) is 10.1 Å². The van der Waals surface area contributed by atoms with Crippen LogP contribution in [0.3, 0.4) is 0 Å². The second-order valence-electron chi connectivity index (χ2n) is 2.79. The molecule has 1 N–H and O–H groups in total. The van der Waals surface area contributed by atoms with Crippen molar-refractivity contribution in [3.05, 3.63) is 28.5 Å². The summed E-state index contributed by atoms with van der Waals surface area (Å²) in [5.74, 6) is -0.575. The Balaban J connectivity index is 2.78. The molecule has 1 atom stereocenters. The molecule has 0 bridgehead atoms. The van der Waals surface area contributed by atoms with Crippen LogP contribution in [0.1, 0.15) is 6.92 Å². The molecular formula is C9H9BrFNOS. The SMILES string of the molecule is CC(S)C(=O)Nc1ccc(F)c(Br)c1. The summed E-state index contributed by atoms with van der Waals surface area (Å²) in [6.45, 7) is 1.66. The van der Waals surface area contributed by atoms with Crippen LogP contribution >= 0.6 is 28.6 Å². The first-order valence-electron chi connectivity index (χ1n) is 3.94. The molecule has 0 aliphatic rings. The molecule has 1 rings (SSSR count).